The molecular weight excluding hydrogens is 430 g/mol. The summed E-state index contributed by atoms with van der Waals surface area (Å²) in [7, 11) is -3.96. The summed E-state index contributed by atoms with van der Waals surface area (Å²) in [6, 6.07) is 12.0. The average Bonchev–Trinajstić information content (AvgIpc) is 3.11. The molecule has 2 aromatic carbocycles. The molecule has 3 rings (SSSR count). The molecule has 0 unspecified atom stereocenters. The number of amides is 2. The second kappa shape index (κ2) is 8.60. The summed E-state index contributed by atoms with van der Waals surface area (Å²) in [6.07, 6.45) is 1.35. The number of hydrogen-bond donors (Lipinski definition) is 3. The Balaban J connectivity index is 1.78. The number of aryl methyl sites for hydroxylation is 2. The Bertz CT molecular complexity index is 1220. The first kappa shape index (κ1) is 21.4. The van der Waals surface area contributed by atoms with Gasteiger partial charge in [0.1, 0.15) is 5.76 Å². The highest BCUT2D eigenvalue weighted by Crippen LogP contribution is 2.23. The molecule has 0 saturated heterocycles. The molecule has 0 radical (unpaired) electrons. The molecule has 1 aromatic heterocycles. The number of carbonyl (C=O) groups is 2. The van der Waals surface area contributed by atoms with Gasteiger partial charge in [-0.25, -0.2) is 8.42 Å². The maximum absolute atomic E-state index is 12.7. The normalized spacial score (nSPS) is 11.0. The fourth-order valence-electron chi connectivity index (χ4n) is 2.64. The minimum absolute atomic E-state index is 0.0238. The van der Waals surface area contributed by atoms with Crippen LogP contribution in [0, 0.1) is 13.8 Å². The number of hydrazine groups is 1. The predicted molar refractivity (Wildman–Crippen MR) is 112 cm³/mol. The summed E-state index contributed by atoms with van der Waals surface area (Å²) >= 11 is 6.06. The van der Waals surface area contributed by atoms with E-state index in [9.17, 15) is 18.0 Å². The van der Waals surface area contributed by atoms with Gasteiger partial charge in [-0.1, -0.05) is 23.7 Å². The molecule has 0 atom stereocenters. The maximum Gasteiger partial charge on any atom is 0.273 e. The van der Waals surface area contributed by atoms with Crippen LogP contribution in [0.3, 0.4) is 0 Å². The van der Waals surface area contributed by atoms with Crippen molar-refractivity contribution in [2.75, 3.05) is 4.72 Å². The van der Waals surface area contributed by atoms with Crippen molar-refractivity contribution < 1.29 is 22.4 Å². The molecule has 0 aliphatic heterocycles. The van der Waals surface area contributed by atoms with Crippen LogP contribution in [0.1, 0.15) is 32.0 Å². The summed E-state index contributed by atoms with van der Waals surface area (Å²) < 4.78 is 32.9. The highest BCUT2D eigenvalue weighted by Gasteiger charge is 2.20. The Morgan fingerprint density at radius 1 is 0.933 bits per heavy atom. The lowest BCUT2D eigenvalue weighted by atomic mass is 10.2. The van der Waals surface area contributed by atoms with Gasteiger partial charge in [-0.3, -0.25) is 25.2 Å². The van der Waals surface area contributed by atoms with E-state index in [1.165, 1.54) is 24.5 Å². The molecule has 3 aromatic rings. The van der Waals surface area contributed by atoms with E-state index in [1.807, 2.05) is 13.0 Å². The summed E-state index contributed by atoms with van der Waals surface area (Å²) in [5.74, 6) is -0.979. The molecule has 30 heavy (non-hydrogen) atoms. The van der Waals surface area contributed by atoms with Crippen LogP contribution in [0.2, 0.25) is 5.02 Å². The highest BCUT2D eigenvalue weighted by molar-refractivity contribution is 7.92. The van der Waals surface area contributed by atoms with E-state index in [1.54, 1.807) is 25.1 Å². The third-order valence-corrected chi connectivity index (χ3v) is 5.86. The number of halogens is 1. The first-order chi connectivity index (χ1) is 14.2. The number of furan rings is 1. The van der Waals surface area contributed by atoms with Gasteiger partial charge in [0.15, 0.2) is 0 Å². The van der Waals surface area contributed by atoms with Gasteiger partial charge >= 0.3 is 0 Å². The fourth-order valence-corrected chi connectivity index (χ4v) is 3.92. The smallest absolute Gasteiger partial charge is 0.273 e. The van der Waals surface area contributed by atoms with Gasteiger partial charge in [0.2, 0.25) is 0 Å². The van der Waals surface area contributed by atoms with Crippen molar-refractivity contribution in [1.82, 2.24) is 10.9 Å². The third-order valence-electron chi connectivity index (χ3n) is 4.16. The number of sulfonamides is 1. The van der Waals surface area contributed by atoms with Gasteiger partial charge in [-0.15, -0.1) is 0 Å². The lowest BCUT2D eigenvalue weighted by Crippen LogP contribution is -2.41. The third kappa shape index (κ3) is 4.81. The zero-order chi connectivity index (χ0) is 21.9. The Morgan fingerprint density at radius 2 is 1.63 bits per heavy atom. The van der Waals surface area contributed by atoms with Gasteiger partial charge in [-0.2, -0.15) is 0 Å². The van der Waals surface area contributed by atoms with Crippen molar-refractivity contribution in [3.8, 4) is 0 Å². The minimum atomic E-state index is -3.96. The number of anilines is 1. The van der Waals surface area contributed by atoms with Crippen molar-refractivity contribution in [3.05, 3.63) is 82.3 Å². The molecule has 0 spiro atoms. The lowest BCUT2D eigenvalue weighted by Gasteiger charge is -2.12. The predicted octanol–water partition coefficient (Wildman–Crippen LogP) is 3.43. The van der Waals surface area contributed by atoms with Crippen LogP contribution in [-0.2, 0) is 10.0 Å². The average molecular weight is 448 g/mol. The molecular formula is C20H18ClN3O5S. The monoisotopic (exact) mass is 447 g/mol. The van der Waals surface area contributed by atoms with Gasteiger partial charge in [0.25, 0.3) is 21.8 Å². The molecule has 0 aliphatic rings. The first-order valence-corrected chi connectivity index (χ1v) is 10.6. The van der Waals surface area contributed by atoms with Crippen molar-refractivity contribution in [2.24, 2.45) is 0 Å². The van der Waals surface area contributed by atoms with Crippen molar-refractivity contribution in [1.29, 1.82) is 0 Å². The molecule has 1 heterocycles. The molecule has 3 N–H and O–H groups in total. The summed E-state index contributed by atoms with van der Waals surface area (Å²) in [4.78, 5) is 24.4. The maximum atomic E-state index is 12.7. The quantitative estimate of drug-likeness (QED) is 0.518. The molecule has 0 aliphatic carbocycles. The van der Waals surface area contributed by atoms with E-state index >= 15 is 0 Å². The van der Waals surface area contributed by atoms with Gasteiger partial charge in [0, 0.05) is 5.69 Å². The van der Waals surface area contributed by atoms with Crippen molar-refractivity contribution in [2.45, 2.75) is 18.7 Å². The highest BCUT2D eigenvalue weighted by atomic mass is 35.5. The SMILES string of the molecule is Cc1cccc(NS(=O)(=O)c2ccc(Cl)c(C(=O)NNC(=O)c3ccoc3C)c2)c1. The van der Waals surface area contributed by atoms with Crippen LogP contribution in [0.15, 0.2) is 64.1 Å². The first-order valence-electron chi connectivity index (χ1n) is 8.71. The van der Waals surface area contributed by atoms with Gasteiger partial charge < -0.3 is 4.42 Å². The Kier molecular flexibility index (Phi) is 6.14. The van der Waals surface area contributed by atoms with Crippen LogP contribution in [0.25, 0.3) is 0 Å². The van der Waals surface area contributed by atoms with Gasteiger partial charge in [-0.05, 0) is 55.8 Å². The van der Waals surface area contributed by atoms with Crippen LogP contribution in [0.5, 0.6) is 0 Å². The van der Waals surface area contributed by atoms with Crippen molar-refractivity contribution in [3.63, 3.8) is 0 Å². The van der Waals surface area contributed by atoms with E-state index in [-0.39, 0.29) is 21.0 Å². The van der Waals surface area contributed by atoms with Crippen LogP contribution in [0.4, 0.5) is 5.69 Å². The molecule has 2 amide bonds. The Hall–Kier alpha value is -3.30. The van der Waals surface area contributed by atoms with E-state index < -0.39 is 21.8 Å². The summed E-state index contributed by atoms with van der Waals surface area (Å²) in [6.45, 7) is 3.44. The van der Waals surface area contributed by atoms with Crippen LogP contribution in [-0.4, -0.2) is 20.2 Å². The zero-order valence-corrected chi connectivity index (χ0v) is 17.6. The number of benzene rings is 2. The standard InChI is InChI=1S/C20H18ClN3O5S/c1-12-4-3-5-14(10-12)24-30(27,28)15-6-7-18(21)17(11-15)20(26)23-22-19(25)16-8-9-29-13(16)2/h3-11,24H,1-2H3,(H,22,25)(H,23,26). The minimum Gasteiger partial charge on any atom is -0.469 e. The van der Waals surface area contributed by atoms with Crippen LogP contribution < -0.4 is 15.6 Å². The Labute approximate surface area is 178 Å². The summed E-state index contributed by atoms with van der Waals surface area (Å²) in [5.41, 5.74) is 5.85. The Morgan fingerprint density at radius 3 is 2.27 bits per heavy atom. The largest absolute Gasteiger partial charge is 0.469 e. The summed E-state index contributed by atoms with van der Waals surface area (Å²) in [5, 5.41) is 0.0238. The van der Waals surface area contributed by atoms with Crippen molar-refractivity contribution >= 4 is 39.1 Å². The van der Waals surface area contributed by atoms with E-state index in [0.29, 0.717) is 11.4 Å². The molecule has 156 valence electrons. The number of rotatable bonds is 5. The zero-order valence-electron chi connectivity index (χ0n) is 16.0. The van der Waals surface area contributed by atoms with Crippen LogP contribution >= 0.6 is 11.6 Å². The number of nitrogens with one attached hydrogen (secondary N) is 3. The van der Waals surface area contributed by atoms with E-state index in [0.717, 1.165) is 11.6 Å². The second-order valence-electron chi connectivity index (χ2n) is 6.42. The number of hydrogen-bond acceptors (Lipinski definition) is 5. The molecule has 10 heteroatoms. The number of carbonyl (C=O) groups excluding carboxylic acids is 2. The van der Waals surface area contributed by atoms with E-state index in [4.69, 9.17) is 16.0 Å². The topological polar surface area (TPSA) is 118 Å². The molecule has 0 fully saturated rings. The second-order valence-corrected chi connectivity index (χ2v) is 8.50. The lowest BCUT2D eigenvalue weighted by molar-refractivity contribution is 0.0845. The fraction of sp³-hybridized carbons (Fsp3) is 0.100. The van der Waals surface area contributed by atoms with Gasteiger partial charge in [0.05, 0.1) is 27.3 Å². The molecule has 0 bridgehead atoms. The van der Waals surface area contributed by atoms with E-state index in [2.05, 4.69) is 15.6 Å². The molecule has 8 nitrogen and oxygen atoms in total. The molecule has 0 saturated carbocycles.